The molecule has 1 atom stereocenters. The van der Waals surface area contributed by atoms with Crippen LogP contribution >= 0.6 is 23.4 Å². The number of aromatic nitrogens is 3. The van der Waals surface area contributed by atoms with Crippen LogP contribution < -0.4 is 20.6 Å². The number of aryl methyl sites for hydroxylation is 1. The summed E-state index contributed by atoms with van der Waals surface area (Å²) in [6, 6.07) is 10.8. The Bertz CT molecular complexity index is 1070. The van der Waals surface area contributed by atoms with Crippen LogP contribution in [0.2, 0.25) is 5.02 Å². The summed E-state index contributed by atoms with van der Waals surface area (Å²) in [5, 5.41) is 11.6. The molecule has 0 aliphatic carbocycles. The minimum Gasteiger partial charge on any atom is -0.496 e. The average molecular weight is 448 g/mol. The molecule has 1 aromatic heterocycles. The Morgan fingerprint density at radius 2 is 1.90 bits per heavy atom. The second-order valence-electron chi connectivity index (χ2n) is 6.43. The van der Waals surface area contributed by atoms with Gasteiger partial charge >= 0.3 is 0 Å². The van der Waals surface area contributed by atoms with Crippen LogP contribution in [0.15, 0.2) is 41.6 Å². The lowest BCUT2D eigenvalue weighted by Crippen LogP contribution is -2.24. The molecule has 10 heteroatoms. The number of ether oxygens (including phenoxy) is 2. The molecule has 1 unspecified atom stereocenters. The van der Waals surface area contributed by atoms with Crippen LogP contribution in [0.1, 0.15) is 12.5 Å². The van der Waals surface area contributed by atoms with Gasteiger partial charge in [-0.05, 0) is 37.6 Å². The van der Waals surface area contributed by atoms with E-state index in [9.17, 15) is 4.79 Å². The number of nitrogens with zero attached hydrogens (tertiary/aromatic N) is 3. The zero-order chi connectivity index (χ0) is 21.8. The molecule has 1 amide bonds. The molecule has 0 saturated carbocycles. The predicted octanol–water partition coefficient (Wildman–Crippen LogP) is 3.76. The van der Waals surface area contributed by atoms with Gasteiger partial charge in [-0.1, -0.05) is 35.5 Å². The maximum absolute atomic E-state index is 12.7. The molecule has 1 heterocycles. The maximum Gasteiger partial charge on any atom is 0.237 e. The third kappa shape index (κ3) is 4.47. The molecule has 3 N–H and O–H groups in total. The van der Waals surface area contributed by atoms with Gasteiger partial charge in [0.15, 0.2) is 5.82 Å². The third-order valence-corrected chi connectivity index (χ3v) is 5.87. The smallest absolute Gasteiger partial charge is 0.237 e. The van der Waals surface area contributed by atoms with Crippen molar-refractivity contribution in [1.29, 1.82) is 0 Å². The van der Waals surface area contributed by atoms with E-state index in [-0.39, 0.29) is 5.91 Å². The lowest BCUT2D eigenvalue weighted by Gasteiger charge is -2.15. The largest absolute Gasteiger partial charge is 0.496 e. The van der Waals surface area contributed by atoms with Gasteiger partial charge in [0, 0.05) is 11.1 Å². The van der Waals surface area contributed by atoms with Gasteiger partial charge in [-0.2, -0.15) is 0 Å². The van der Waals surface area contributed by atoms with Crippen LogP contribution in [0, 0.1) is 6.92 Å². The summed E-state index contributed by atoms with van der Waals surface area (Å²) >= 11 is 7.32. The summed E-state index contributed by atoms with van der Waals surface area (Å²) in [5.74, 6) is 7.51. The standard InChI is InChI=1S/C20H22ClN5O3S/c1-11-9-15(17(29-4)10-14(11)21)23-19(27)12(2)30-20-25-24-18(26(20)22)13-7-5-6-8-16(13)28-3/h5-10,12H,22H2,1-4H3,(H,23,27). The fraction of sp³-hybridized carbons (Fsp3) is 0.250. The first-order valence-corrected chi connectivity index (χ1v) is 10.3. The van der Waals surface area contributed by atoms with Gasteiger partial charge in [0.2, 0.25) is 11.1 Å². The lowest BCUT2D eigenvalue weighted by molar-refractivity contribution is -0.115. The number of nitrogens with one attached hydrogen (secondary N) is 1. The fourth-order valence-electron chi connectivity index (χ4n) is 2.75. The number of thioether (sulfide) groups is 1. The molecular formula is C20H22ClN5O3S. The fourth-order valence-corrected chi connectivity index (χ4v) is 3.67. The SMILES string of the molecule is COc1cc(Cl)c(C)cc1NC(=O)C(C)Sc1nnc(-c2ccccc2OC)n1N. The van der Waals surface area contributed by atoms with Crippen molar-refractivity contribution in [3.8, 4) is 22.9 Å². The number of para-hydroxylation sites is 1. The van der Waals surface area contributed by atoms with Gasteiger partial charge in [-0.25, -0.2) is 4.68 Å². The lowest BCUT2D eigenvalue weighted by atomic mass is 10.2. The number of amides is 1. The Labute approximate surface area is 183 Å². The number of rotatable bonds is 7. The first-order chi connectivity index (χ1) is 14.3. The van der Waals surface area contributed by atoms with E-state index in [2.05, 4.69) is 15.5 Å². The van der Waals surface area contributed by atoms with Gasteiger partial charge in [-0.15, -0.1) is 10.2 Å². The second kappa shape index (κ2) is 9.27. The molecule has 0 fully saturated rings. The second-order valence-corrected chi connectivity index (χ2v) is 8.14. The van der Waals surface area contributed by atoms with E-state index >= 15 is 0 Å². The van der Waals surface area contributed by atoms with Crippen molar-refractivity contribution in [3.63, 3.8) is 0 Å². The summed E-state index contributed by atoms with van der Waals surface area (Å²) in [6.45, 7) is 3.61. The molecule has 0 radical (unpaired) electrons. The molecule has 30 heavy (non-hydrogen) atoms. The van der Waals surface area contributed by atoms with Crippen molar-refractivity contribution < 1.29 is 14.3 Å². The minimum absolute atomic E-state index is 0.234. The molecule has 3 aromatic rings. The molecule has 2 aromatic carbocycles. The van der Waals surface area contributed by atoms with Crippen LogP contribution in [0.3, 0.4) is 0 Å². The van der Waals surface area contributed by atoms with Crippen molar-refractivity contribution in [2.45, 2.75) is 24.3 Å². The van der Waals surface area contributed by atoms with E-state index in [4.69, 9.17) is 26.9 Å². The number of carbonyl (C=O) groups excluding carboxylic acids is 1. The summed E-state index contributed by atoms with van der Waals surface area (Å²) in [5.41, 5.74) is 2.08. The van der Waals surface area contributed by atoms with Gasteiger partial charge in [0.05, 0.1) is 30.7 Å². The minimum atomic E-state index is -0.497. The number of methoxy groups -OCH3 is 2. The van der Waals surface area contributed by atoms with Crippen LogP contribution in [0.5, 0.6) is 11.5 Å². The number of carbonyl (C=O) groups is 1. The highest BCUT2D eigenvalue weighted by molar-refractivity contribution is 8.00. The van der Waals surface area contributed by atoms with Gasteiger partial charge in [0.1, 0.15) is 11.5 Å². The molecule has 0 aliphatic rings. The number of benzene rings is 2. The van der Waals surface area contributed by atoms with Crippen molar-refractivity contribution in [2.75, 3.05) is 25.4 Å². The van der Waals surface area contributed by atoms with Crippen molar-refractivity contribution in [1.82, 2.24) is 14.9 Å². The zero-order valence-corrected chi connectivity index (χ0v) is 18.5. The van der Waals surface area contributed by atoms with Gasteiger partial charge < -0.3 is 20.6 Å². The first kappa shape index (κ1) is 21.8. The molecular weight excluding hydrogens is 426 g/mol. The number of nitrogen functional groups attached to an aromatic ring is 1. The number of hydrogen-bond donors (Lipinski definition) is 2. The summed E-state index contributed by atoms with van der Waals surface area (Å²) < 4.78 is 12.0. The van der Waals surface area contributed by atoms with Gasteiger partial charge in [-0.3, -0.25) is 4.79 Å². The number of anilines is 1. The van der Waals surface area contributed by atoms with E-state index in [0.29, 0.717) is 38.8 Å². The van der Waals surface area contributed by atoms with Crippen LogP contribution in [0.4, 0.5) is 5.69 Å². The normalized spacial score (nSPS) is 11.8. The topological polar surface area (TPSA) is 104 Å². The summed E-state index contributed by atoms with van der Waals surface area (Å²) in [6.07, 6.45) is 0. The third-order valence-electron chi connectivity index (χ3n) is 4.40. The molecule has 0 spiro atoms. The Hall–Kier alpha value is -2.91. The van der Waals surface area contributed by atoms with E-state index in [0.717, 1.165) is 5.56 Å². The molecule has 0 bridgehead atoms. The Kier molecular flexibility index (Phi) is 6.73. The zero-order valence-electron chi connectivity index (χ0n) is 17.0. The summed E-state index contributed by atoms with van der Waals surface area (Å²) in [4.78, 5) is 12.7. The van der Waals surface area contributed by atoms with Crippen LogP contribution in [-0.2, 0) is 4.79 Å². The maximum atomic E-state index is 12.7. The van der Waals surface area contributed by atoms with Crippen molar-refractivity contribution in [2.24, 2.45) is 0 Å². The van der Waals surface area contributed by atoms with Gasteiger partial charge in [0.25, 0.3) is 0 Å². The van der Waals surface area contributed by atoms with E-state index in [1.54, 1.807) is 26.2 Å². The molecule has 0 aliphatic heterocycles. The average Bonchev–Trinajstić information content (AvgIpc) is 3.10. The van der Waals surface area contributed by atoms with E-state index in [1.807, 2.05) is 31.2 Å². The molecule has 8 nitrogen and oxygen atoms in total. The Balaban J connectivity index is 1.77. The summed E-state index contributed by atoms with van der Waals surface area (Å²) in [7, 11) is 3.09. The monoisotopic (exact) mass is 447 g/mol. The van der Waals surface area contributed by atoms with Crippen molar-refractivity contribution >= 4 is 35.0 Å². The Morgan fingerprint density at radius 1 is 1.20 bits per heavy atom. The van der Waals surface area contributed by atoms with Crippen LogP contribution in [0.25, 0.3) is 11.4 Å². The highest BCUT2D eigenvalue weighted by Gasteiger charge is 2.22. The molecule has 0 saturated heterocycles. The van der Waals surface area contributed by atoms with Crippen molar-refractivity contribution in [3.05, 3.63) is 47.0 Å². The highest BCUT2D eigenvalue weighted by atomic mass is 35.5. The highest BCUT2D eigenvalue weighted by Crippen LogP contribution is 2.33. The first-order valence-electron chi connectivity index (χ1n) is 9.01. The van der Waals surface area contributed by atoms with E-state index in [1.165, 1.54) is 23.5 Å². The quantitative estimate of drug-likeness (QED) is 0.419. The number of halogens is 1. The molecule has 158 valence electrons. The Morgan fingerprint density at radius 3 is 2.60 bits per heavy atom. The predicted molar refractivity (Wildman–Crippen MR) is 119 cm³/mol. The van der Waals surface area contributed by atoms with Crippen LogP contribution in [-0.4, -0.2) is 40.3 Å². The van der Waals surface area contributed by atoms with E-state index < -0.39 is 5.25 Å². The number of hydrogen-bond acceptors (Lipinski definition) is 7. The molecule has 3 rings (SSSR count). The number of nitrogens with two attached hydrogens (primary N) is 1.